The zero-order valence-electron chi connectivity index (χ0n) is 19.1. The van der Waals surface area contributed by atoms with Crippen LogP contribution in [0.1, 0.15) is 24.8 Å². The van der Waals surface area contributed by atoms with Crippen LogP contribution in [0.25, 0.3) is 6.08 Å². The molecular weight excluding hydrogens is 432 g/mol. The van der Waals surface area contributed by atoms with Crippen LogP contribution in [0.3, 0.4) is 0 Å². The van der Waals surface area contributed by atoms with Gasteiger partial charge in [0.25, 0.3) is 5.91 Å². The van der Waals surface area contributed by atoms with Crippen molar-refractivity contribution in [2.45, 2.75) is 19.3 Å². The van der Waals surface area contributed by atoms with Crippen LogP contribution in [-0.2, 0) is 9.53 Å². The van der Waals surface area contributed by atoms with Gasteiger partial charge < -0.3 is 14.5 Å². The van der Waals surface area contributed by atoms with Crippen molar-refractivity contribution in [3.63, 3.8) is 0 Å². The van der Waals surface area contributed by atoms with Crippen LogP contribution in [0.15, 0.2) is 58.4 Å². The lowest BCUT2D eigenvalue weighted by molar-refractivity contribution is -0.121. The highest BCUT2D eigenvalue weighted by molar-refractivity contribution is 8.18. The molecule has 0 N–H and O–H groups in total. The topological polar surface area (TPSA) is 48.4 Å². The van der Waals surface area contributed by atoms with Crippen molar-refractivity contribution in [1.82, 2.24) is 4.90 Å². The molecule has 3 heterocycles. The van der Waals surface area contributed by atoms with Gasteiger partial charge in [-0.2, -0.15) is 0 Å². The number of piperidine rings is 1. The van der Waals surface area contributed by atoms with Crippen LogP contribution in [-0.4, -0.2) is 62.4 Å². The molecule has 0 radical (unpaired) electrons. The third-order valence-electron chi connectivity index (χ3n) is 6.37. The van der Waals surface area contributed by atoms with Crippen molar-refractivity contribution in [2.24, 2.45) is 4.99 Å². The fraction of sp³-hybridized carbons (Fsp3) is 0.385. The van der Waals surface area contributed by atoms with Crippen molar-refractivity contribution in [1.29, 1.82) is 0 Å². The first-order valence-corrected chi connectivity index (χ1v) is 12.5. The maximum Gasteiger partial charge on any atom is 0.266 e. The minimum Gasteiger partial charge on any atom is -0.378 e. The number of carbonyl (C=O) groups is 1. The number of amidine groups is 1. The monoisotopic (exact) mass is 462 g/mol. The number of ether oxygens (including phenoxy) is 1. The van der Waals surface area contributed by atoms with E-state index >= 15 is 0 Å². The van der Waals surface area contributed by atoms with Crippen LogP contribution in [0.2, 0.25) is 0 Å². The van der Waals surface area contributed by atoms with Gasteiger partial charge in [0.05, 0.1) is 23.8 Å². The molecule has 1 amide bonds. The fourth-order valence-corrected chi connectivity index (χ4v) is 5.39. The summed E-state index contributed by atoms with van der Waals surface area (Å²) < 4.78 is 5.43. The Bertz CT molecular complexity index is 1040. The van der Waals surface area contributed by atoms with E-state index in [1.165, 1.54) is 42.4 Å². The second kappa shape index (κ2) is 10.0. The quantitative estimate of drug-likeness (QED) is 0.614. The van der Waals surface area contributed by atoms with Gasteiger partial charge in [0.1, 0.15) is 0 Å². The molecule has 5 rings (SSSR count). The zero-order chi connectivity index (χ0) is 22.6. The molecule has 3 fully saturated rings. The van der Waals surface area contributed by atoms with E-state index in [9.17, 15) is 4.79 Å². The van der Waals surface area contributed by atoms with Gasteiger partial charge in [0, 0.05) is 44.6 Å². The number of carbonyl (C=O) groups excluding carboxylic acids is 1. The zero-order valence-corrected chi connectivity index (χ0v) is 19.9. The lowest BCUT2D eigenvalue weighted by Gasteiger charge is -2.28. The third kappa shape index (κ3) is 5.09. The molecule has 3 aliphatic rings. The summed E-state index contributed by atoms with van der Waals surface area (Å²) in [4.78, 5) is 24.6. The van der Waals surface area contributed by atoms with Crippen molar-refractivity contribution in [3.05, 3.63) is 59.0 Å². The van der Waals surface area contributed by atoms with Crippen molar-refractivity contribution >= 4 is 46.0 Å². The predicted octanol–water partition coefficient (Wildman–Crippen LogP) is 4.75. The van der Waals surface area contributed by atoms with E-state index < -0.39 is 0 Å². The summed E-state index contributed by atoms with van der Waals surface area (Å²) in [7, 11) is 1.79. The Morgan fingerprint density at radius 3 is 2.12 bits per heavy atom. The summed E-state index contributed by atoms with van der Waals surface area (Å²) in [6, 6.07) is 16.7. The standard InChI is InChI=1S/C26H30N4O2S/c1-28-25(31)24(19-20-5-9-22(10-6-20)29-13-3-2-4-14-29)33-26(28)27-21-7-11-23(12-8-21)30-15-17-32-18-16-30/h5-12,19H,2-4,13-18H2,1H3. The van der Waals surface area contributed by atoms with E-state index in [0.717, 1.165) is 50.6 Å². The Balaban J connectivity index is 1.28. The third-order valence-corrected chi connectivity index (χ3v) is 7.43. The Labute approximate surface area is 199 Å². The van der Waals surface area contributed by atoms with E-state index in [1.807, 2.05) is 18.2 Å². The van der Waals surface area contributed by atoms with Gasteiger partial charge in [-0.1, -0.05) is 12.1 Å². The Hall–Kier alpha value is -2.77. The summed E-state index contributed by atoms with van der Waals surface area (Å²) in [6.45, 7) is 5.62. The van der Waals surface area contributed by atoms with Crippen LogP contribution >= 0.6 is 11.8 Å². The number of hydrogen-bond donors (Lipinski definition) is 0. The Kier molecular flexibility index (Phi) is 6.69. The number of aliphatic imine (C=N–C) groups is 1. The molecule has 6 nitrogen and oxygen atoms in total. The normalized spacial score (nSPS) is 22.0. The minimum absolute atomic E-state index is 0.0104. The number of thioether (sulfide) groups is 1. The number of morpholine rings is 1. The number of amides is 1. The molecule has 0 bridgehead atoms. The van der Waals surface area contributed by atoms with Gasteiger partial charge in [-0.3, -0.25) is 9.69 Å². The van der Waals surface area contributed by atoms with Crippen LogP contribution in [0.5, 0.6) is 0 Å². The molecule has 0 atom stereocenters. The van der Waals surface area contributed by atoms with Crippen LogP contribution in [0.4, 0.5) is 17.1 Å². The second-order valence-electron chi connectivity index (χ2n) is 8.62. The van der Waals surface area contributed by atoms with Gasteiger partial charge in [0.15, 0.2) is 5.17 Å². The first kappa shape index (κ1) is 22.0. The smallest absolute Gasteiger partial charge is 0.266 e. The number of benzene rings is 2. The second-order valence-corrected chi connectivity index (χ2v) is 9.63. The fourth-order valence-electron chi connectivity index (χ4n) is 4.41. The van der Waals surface area contributed by atoms with Crippen molar-refractivity contribution in [2.75, 3.05) is 56.2 Å². The molecular formula is C26H30N4O2S. The first-order valence-electron chi connectivity index (χ1n) is 11.7. The predicted molar refractivity (Wildman–Crippen MR) is 137 cm³/mol. The lowest BCUT2D eigenvalue weighted by Crippen LogP contribution is -2.36. The maximum absolute atomic E-state index is 12.8. The van der Waals surface area contributed by atoms with E-state index in [-0.39, 0.29) is 5.91 Å². The van der Waals surface area contributed by atoms with Crippen molar-refractivity contribution in [3.8, 4) is 0 Å². The summed E-state index contributed by atoms with van der Waals surface area (Å²) >= 11 is 1.43. The van der Waals surface area contributed by atoms with Crippen LogP contribution < -0.4 is 9.80 Å². The first-order chi connectivity index (χ1) is 16.2. The van der Waals surface area contributed by atoms with Gasteiger partial charge >= 0.3 is 0 Å². The van der Waals surface area contributed by atoms with Crippen LogP contribution in [0, 0.1) is 0 Å². The van der Waals surface area contributed by atoms with E-state index in [4.69, 9.17) is 9.73 Å². The average molecular weight is 463 g/mol. The minimum atomic E-state index is -0.0104. The number of hydrogen-bond acceptors (Lipinski definition) is 6. The molecule has 3 saturated heterocycles. The van der Waals surface area contributed by atoms with Gasteiger partial charge in [-0.05, 0) is 79.1 Å². The summed E-state index contributed by atoms with van der Waals surface area (Å²) in [5.41, 5.74) is 4.33. The van der Waals surface area contributed by atoms with Gasteiger partial charge in [0.2, 0.25) is 0 Å². The summed E-state index contributed by atoms with van der Waals surface area (Å²) in [5.74, 6) is -0.0104. The average Bonchev–Trinajstić information content (AvgIpc) is 3.13. The van der Waals surface area contributed by atoms with E-state index in [0.29, 0.717) is 10.1 Å². The molecule has 0 aromatic heterocycles. The highest BCUT2D eigenvalue weighted by Gasteiger charge is 2.30. The number of rotatable bonds is 4. The highest BCUT2D eigenvalue weighted by Crippen LogP contribution is 2.34. The molecule has 0 unspecified atom stereocenters. The maximum atomic E-state index is 12.8. The SMILES string of the molecule is CN1C(=O)C(=Cc2ccc(N3CCCCC3)cc2)SC1=Nc1ccc(N2CCOCC2)cc1. The molecule has 2 aromatic carbocycles. The number of anilines is 2. The number of likely N-dealkylation sites (N-methyl/N-ethyl adjacent to an activating group) is 1. The molecule has 0 aliphatic carbocycles. The Morgan fingerprint density at radius 2 is 1.45 bits per heavy atom. The highest BCUT2D eigenvalue weighted by atomic mass is 32.2. The largest absolute Gasteiger partial charge is 0.378 e. The molecule has 0 saturated carbocycles. The van der Waals surface area contributed by atoms with Gasteiger partial charge in [-0.15, -0.1) is 0 Å². The van der Waals surface area contributed by atoms with E-state index in [2.05, 4.69) is 46.2 Å². The Morgan fingerprint density at radius 1 is 0.848 bits per heavy atom. The molecule has 172 valence electrons. The summed E-state index contributed by atoms with van der Waals surface area (Å²) in [5, 5.41) is 0.704. The van der Waals surface area contributed by atoms with Gasteiger partial charge in [-0.25, -0.2) is 4.99 Å². The number of nitrogens with zero attached hydrogens (tertiary/aromatic N) is 4. The summed E-state index contributed by atoms with van der Waals surface area (Å²) in [6.07, 6.45) is 5.83. The molecule has 33 heavy (non-hydrogen) atoms. The lowest BCUT2D eigenvalue weighted by atomic mass is 10.1. The molecule has 7 heteroatoms. The molecule has 2 aromatic rings. The van der Waals surface area contributed by atoms with E-state index in [1.54, 1.807) is 11.9 Å². The molecule has 0 spiro atoms. The van der Waals surface area contributed by atoms with Crippen molar-refractivity contribution < 1.29 is 9.53 Å². The molecule has 3 aliphatic heterocycles.